The van der Waals surface area contributed by atoms with Gasteiger partial charge < -0.3 is 5.32 Å². The molecule has 142 valence electrons. The van der Waals surface area contributed by atoms with Crippen molar-refractivity contribution in [3.63, 3.8) is 0 Å². The quantitative estimate of drug-likeness (QED) is 0.477. The predicted molar refractivity (Wildman–Crippen MR) is 123 cm³/mol. The normalized spacial score (nSPS) is 16.0. The third-order valence-electron chi connectivity index (χ3n) is 3.86. The van der Waals surface area contributed by atoms with Gasteiger partial charge in [0.2, 0.25) is 5.91 Å². The fourth-order valence-corrected chi connectivity index (χ4v) is 4.14. The standard InChI is InChI=1S/C21H17BrN2O2S2/c1-14(11-15-5-3-2-4-6-15)12-18-20(26)24(21(27)28-18)13-19(25)23-17-9-7-16(22)8-10-17/h2-12H,13H2,1H3,(H,23,25). The molecule has 0 bridgehead atoms. The lowest BCUT2D eigenvalue weighted by Gasteiger charge is -2.14. The summed E-state index contributed by atoms with van der Waals surface area (Å²) in [5.41, 5.74) is 2.66. The van der Waals surface area contributed by atoms with E-state index in [1.165, 1.54) is 16.7 Å². The van der Waals surface area contributed by atoms with Crippen molar-refractivity contribution in [2.24, 2.45) is 0 Å². The number of thioether (sulfide) groups is 1. The molecule has 1 aliphatic heterocycles. The van der Waals surface area contributed by atoms with Crippen LogP contribution in [0.4, 0.5) is 5.69 Å². The Bertz CT molecular complexity index is 970. The van der Waals surface area contributed by atoms with Crippen LogP contribution in [0.5, 0.6) is 0 Å². The van der Waals surface area contributed by atoms with E-state index in [1.54, 1.807) is 18.2 Å². The van der Waals surface area contributed by atoms with Crippen LogP contribution in [0, 0.1) is 0 Å². The molecule has 0 atom stereocenters. The number of allylic oxidation sites excluding steroid dienone is 2. The molecule has 0 radical (unpaired) electrons. The molecule has 0 aliphatic carbocycles. The van der Waals surface area contributed by atoms with E-state index in [2.05, 4.69) is 21.2 Å². The molecule has 0 unspecified atom stereocenters. The zero-order valence-electron chi connectivity index (χ0n) is 15.0. The van der Waals surface area contributed by atoms with Gasteiger partial charge in [0.1, 0.15) is 10.9 Å². The molecule has 2 aromatic carbocycles. The minimum absolute atomic E-state index is 0.112. The Morgan fingerprint density at radius 1 is 1.18 bits per heavy atom. The smallest absolute Gasteiger partial charge is 0.266 e. The molecule has 1 N–H and O–H groups in total. The predicted octanol–water partition coefficient (Wildman–Crippen LogP) is 5.24. The van der Waals surface area contributed by atoms with Crippen LogP contribution in [-0.2, 0) is 9.59 Å². The minimum Gasteiger partial charge on any atom is -0.325 e. The average Bonchev–Trinajstić information content (AvgIpc) is 2.91. The molecule has 2 amide bonds. The van der Waals surface area contributed by atoms with Crippen LogP contribution in [0.25, 0.3) is 6.08 Å². The van der Waals surface area contributed by atoms with Crippen LogP contribution >= 0.6 is 39.9 Å². The number of hydrogen-bond donors (Lipinski definition) is 1. The second-order valence-corrected chi connectivity index (χ2v) is 8.71. The van der Waals surface area contributed by atoms with Crippen molar-refractivity contribution in [2.75, 3.05) is 11.9 Å². The highest BCUT2D eigenvalue weighted by atomic mass is 79.9. The maximum absolute atomic E-state index is 12.7. The highest BCUT2D eigenvalue weighted by molar-refractivity contribution is 9.10. The Balaban J connectivity index is 1.66. The van der Waals surface area contributed by atoms with E-state index in [-0.39, 0.29) is 18.4 Å². The molecule has 1 fully saturated rings. The van der Waals surface area contributed by atoms with E-state index >= 15 is 0 Å². The number of rotatable bonds is 5. The Labute approximate surface area is 181 Å². The molecule has 1 saturated heterocycles. The van der Waals surface area contributed by atoms with Crippen molar-refractivity contribution in [3.8, 4) is 0 Å². The number of anilines is 1. The molecule has 3 rings (SSSR count). The first-order chi connectivity index (χ1) is 13.4. The second kappa shape index (κ2) is 9.32. The van der Waals surface area contributed by atoms with Gasteiger partial charge in [-0.2, -0.15) is 0 Å². The molecule has 28 heavy (non-hydrogen) atoms. The molecular formula is C21H17BrN2O2S2. The molecule has 0 saturated carbocycles. The summed E-state index contributed by atoms with van der Waals surface area (Å²) in [6.07, 6.45) is 3.80. The molecule has 2 aromatic rings. The van der Waals surface area contributed by atoms with Crippen molar-refractivity contribution < 1.29 is 9.59 Å². The van der Waals surface area contributed by atoms with Gasteiger partial charge in [0.15, 0.2) is 0 Å². The number of halogens is 1. The van der Waals surface area contributed by atoms with E-state index in [0.29, 0.717) is 14.9 Å². The fraction of sp³-hybridized carbons (Fsp3) is 0.0952. The first-order valence-corrected chi connectivity index (χ1v) is 10.5. The van der Waals surface area contributed by atoms with Gasteiger partial charge in [0, 0.05) is 10.2 Å². The number of amides is 2. The van der Waals surface area contributed by atoms with E-state index in [4.69, 9.17) is 12.2 Å². The van der Waals surface area contributed by atoms with E-state index in [9.17, 15) is 9.59 Å². The van der Waals surface area contributed by atoms with Crippen molar-refractivity contribution in [3.05, 3.63) is 81.2 Å². The summed E-state index contributed by atoms with van der Waals surface area (Å²) in [5.74, 6) is -0.543. The van der Waals surface area contributed by atoms with Crippen molar-refractivity contribution >= 4 is 67.8 Å². The number of hydrogen-bond acceptors (Lipinski definition) is 4. The molecule has 0 spiro atoms. The zero-order chi connectivity index (χ0) is 20.1. The van der Waals surface area contributed by atoms with Gasteiger partial charge in [0.25, 0.3) is 5.91 Å². The first-order valence-electron chi connectivity index (χ1n) is 8.46. The highest BCUT2D eigenvalue weighted by Gasteiger charge is 2.33. The van der Waals surface area contributed by atoms with Crippen molar-refractivity contribution in [2.45, 2.75) is 6.92 Å². The van der Waals surface area contributed by atoms with Crippen LogP contribution < -0.4 is 5.32 Å². The topological polar surface area (TPSA) is 49.4 Å². The number of carbonyl (C=O) groups excluding carboxylic acids is 2. The largest absolute Gasteiger partial charge is 0.325 e. The lowest BCUT2D eigenvalue weighted by molar-refractivity contribution is -0.126. The minimum atomic E-state index is -0.295. The Morgan fingerprint density at radius 3 is 2.54 bits per heavy atom. The van der Waals surface area contributed by atoms with Gasteiger partial charge in [-0.15, -0.1) is 0 Å². The van der Waals surface area contributed by atoms with Gasteiger partial charge in [-0.3, -0.25) is 14.5 Å². The SMILES string of the molecule is CC(=Cc1ccccc1)C=C1SC(=S)N(CC(=O)Nc2ccc(Br)cc2)C1=O. The van der Waals surface area contributed by atoms with Gasteiger partial charge in [-0.05, 0) is 48.4 Å². The van der Waals surface area contributed by atoms with Crippen LogP contribution in [0.15, 0.2) is 75.6 Å². The summed E-state index contributed by atoms with van der Waals surface area (Å²) in [4.78, 5) is 26.8. The number of carbonyl (C=O) groups is 2. The Hall–Kier alpha value is -2.22. The summed E-state index contributed by atoms with van der Waals surface area (Å²) < 4.78 is 1.31. The number of thiocarbonyl (C=S) groups is 1. The third kappa shape index (κ3) is 5.41. The average molecular weight is 473 g/mol. The fourth-order valence-electron chi connectivity index (χ4n) is 2.57. The van der Waals surface area contributed by atoms with Crippen LogP contribution in [0.2, 0.25) is 0 Å². The Kier molecular flexibility index (Phi) is 6.83. The third-order valence-corrected chi connectivity index (χ3v) is 5.76. The van der Waals surface area contributed by atoms with Gasteiger partial charge in [-0.25, -0.2) is 0 Å². The number of nitrogens with one attached hydrogen (secondary N) is 1. The maximum atomic E-state index is 12.7. The summed E-state index contributed by atoms with van der Waals surface area (Å²) in [6, 6.07) is 17.1. The van der Waals surface area contributed by atoms with Crippen LogP contribution in [-0.4, -0.2) is 27.6 Å². The first kappa shape index (κ1) is 20.5. The van der Waals surface area contributed by atoms with Gasteiger partial charge in [0.05, 0.1) is 4.91 Å². The summed E-state index contributed by atoms with van der Waals surface area (Å²) >= 11 is 9.86. The van der Waals surface area contributed by atoms with Crippen molar-refractivity contribution in [1.82, 2.24) is 4.90 Å². The molecular weight excluding hydrogens is 456 g/mol. The van der Waals surface area contributed by atoms with Crippen molar-refractivity contribution in [1.29, 1.82) is 0 Å². The maximum Gasteiger partial charge on any atom is 0.266 e. The lowest BCUT2D eigenvalue weighted by Crippen LogP contribution is -2.36. The number of nitrogens with zero attached hydrogens (tertiary/aromatic N) is 1. The summed E-state index contributed by atoms with van der Waals surface area (Å²) in [6.45, 7) is 1.82. The summed E-state index contributed by atoms with van der Waals surface area (Å²) in [5, 5.41) is 2.77. The van der Waals surface area contributed by atoms with Gasteiger partial charge >= 0.3 is 0 Å². The zero-order valence-corrected chi connectivity index (χ0v) is 18.2. The van der Waals surface area contributed by atoms with Gasteiger partial charge in [-0.1, -0.05) is 76.3 Å². The molecule has 4 nitrogen and oxygen atoms in total. The summed E-state index contributed by atoms with van der Waals surface area (Å²) in [7, 11) is 0. The Morgan fingerprint density at radius 2 is 1.86 bits per heavy atom. The molecule has 0 aromatic heterocycles. The lowest BCUT2D eigenvalue weighted by atomic mass is 10.1. The monoisotopic (exact) mass is 472 g/mol. The van der Waals surface area contributed by atoms with E-state index in [0.717, 1.165) is 15.6 Å². The number of benzene rings is 2. The second-order valence-electron chi connectivity index (χ2n) is 6.12. The van der Waals surface area contributed by atoms with E-state index < -0.39 is 0 Å². The van der Waals surface area contributed by atoms with Crippen LogP contribution in [0.1, 0.15) is 12.5 Å². The molecule has 1 heterocycles. The highest BCUT2D eigenvalue weighted by Crippen LogP contribution is 2.32. The van der Waals surface area contributed by atoms with Crippen LogP contribution in [0.3, 0.4) is 0 Å². The van der Waals surface area contributed by atoms with E-state index in [1.807, 2.05) is 55.5 Å². The molecule has 7 heteroatoms. The molecule has 1 aliphatic rings.